The SMILES string of the molecule is C[n+]1cccc(CC(O)(P(=O)(O)O)P(=O)(O)O)c1.[H-].[H-].[I-].[Na+].[Na+]. The average Bonchev–Trinajstić information content (AvgIpc) is 2.13. The van der Waals surface area contributed by atoms with Crippen molar-refractivity contribution < 1.29 is 124 Å². The summed E-state index contributed by atoms with van der Waals surface area (Å²) in [6.07, 6.45) is 2.17. The number of aryl methyl sites for hydroxylation is 1. The number of rotatable bonds is 4. The minimum Gasteiger partial charge on any atom is -1.00 e. The minimum atomic E-state index is -5.41. The van der Waals surface area contributed by atoms with Crippen LogP contribution in [-0.4, -0.2) is 29.8 Å². The summed E-state index contributed by atoms with van der Waals surface area (Å²) in [6, 6.07) is 2.92. The first-order chi connectivity index (χ1) is 7.97. The summed E-state index contributed by atoms with van der Waals surface area (Å²) in [7, 11) is -9.19. The van der Waals surface area contributed by atoms with Gasteiger partial charge in [0.2, 0.25) is 0 Å². The van der Waals surface area contributed by atoms with Gasteiger partial charge in [-0.1, -0.05) is 0 Å². The Balaban J connectivity index is -0.000000216. The predicted octanol–water partition coefficient (Wildman–Crippen LogP) is -9.71. The van der Waals surface area contributed by atoms with Crippen LogP contribution in [0, 0.1) is 0 Å². The maximum Gasteiger partial charge on any atom is 1.00 e. The van der Waals surface area contributed by atoms with E-state index in [2.05, 4.69) is 0 Å². The van der Waals surface area contributed by atoms with E-state index >= 15 is 0 Å². The fourth-order valence-corrected chi connectivity index (χ4v) is 3.54. The molecule has 1 aromatic heterocycles. The second kappa shape index (κ2) is 10.2. The zero-order valence-corrected chi connectivity index (χ0v) is 19.7. The van der Waals surface area contributed by atoms with Crippen molar-refractivity contribution in [3.63, 3.8) is 0 Å². The summed E-state index contributed by atoms with van der Waals surface area (Å²) in [4.78, 5) is 35.9. The van der Waals surface area contributed by atoms with Crippen LogP contribution in [0.5, 0.6) is 0 Å². The third-order valence-corrected chi connectivity index (χ3v) is 6.12. The van der Waals surface area contributed by atoms with Gasteiger partial charge in [0, 0.05) is 18.1 Å². The summed E-state index contributed by atoms with van der Waals surface area (Å²) in [6.45, 7) is 0. The molecule has 114 valence electrons. The Labute approximate surface area is 186 Å². The summed E-state index contributed by atoms with van der Waals surface area (Å²) in [5.74, 6) is 0. The molecule has 0 aliphatic rings. The Morgan fingerprint density at radius 1 is 1.19 bits per heavy atom. The molecule has 0 unspecified atom stereocenters. The molecule has 8 nitrogen and oxygen atoms in total. The van der Waals surface area contributed by atoms with Gasteiger partial charge in [-0.25, -0.2) is 4.57 Å². The molecule has 21 heavy (non-hydrogen) atoms. The van der Waals surface area contributed by atoms with Crippen LogP contribution >= 0.6 is 15.2 Å². The maximum absolute atomic E-state index is 11.1. The van der Waals surface area contributed by atoms with Crippen LogP contribution in [0.25, 0.3) is 0 Å². The summed E-state index contributed by atoms with van der Waals surface area (Å²) >= 11 is 0. The van der Waals surface area contributed by atoms with Gasteiger partial charge in [-0.05, 0) is 6.07 Å². The van der Waals surface area contributed by atoms with E-state index < -0.39 is 26.7 Å². The summed E-state index contributed by atoms with van der Waals surface area (Å²) in [5, 5.41) is 6.28. The summed E-state index contributed by atoms with van der Waals surface area (Å²) < 4.78 is 23.8. The Morgan fingerprint density at radius 2 is 1.62 bits per heavy atom. The molecule has 0 radical (unpaired) electrons. The maximum atomic E-state index is 11.1. The van der Waals surface area contributed by atoms with Gasteiger partial charge in [-0.15, -0.1) is 0 Å². The predicted molar refractivity (Wildman–Crippen MR) is 62.6 cm³/mol. The van der Waals surface area contributed by atoms with E-state index in [0.29, 0.717) is 0 Å². The van der Waals surface area contributed by atoms with E-state index in [-0.39, 0.29) is 91.5 Å². The van der Waals surface area contributed by atoms with Gasteiger partial charge in [-0.2, -0.15) is 0 Å². The van der Waals surface area contributed by atoms with Crippen molar-refractivity contribution in [2.75, 3.05) is 0 Å². The number of hydrogen-bond acceptors (Lipinski definition) is 3. The number of pyridine rings is 1. The standard InChI is InChI=1S/C8H13NO7P2.HI.2Na.2H/c1-9-4-2-3-7(6-9)5-8(10,17(11,12)13)18(14,15)16;;;;;/h2-4,6,10H,5H2,1H3,(H3-,11,12,13,14,15,16);1H;;;;/q;;2*+1;2*-1. The van der Waals surface area contributed by atoms with Gasteiger partial charge in [0.15, 0.2) is 12.4 Å². The first-order valence-electron chi connectivity index (χ1n) is 4.75. The third kappa shape index (κ3) is 7.27. The van der Waals surface area contributed by atoms with Gasteiger partial charge in [0.05, 0.1) is 0 Å². The normalized spacial score (nSPS) is 11.7. The molecule has 0 saturated carbocycles. The van der Waals surface area contributed by atoms with E-state index in [9.17, 15) is 14.2 Å². The average molecular weight is 473 g/mol. The quantitative estimate of drug-likeness (QED) is 0.127. The largest absolute Gasteiger partial charge is 1.00 e. The molecule has 0 spiro atoms. The molecule has 0 amide bonds. The second-order valence-electron chi connectivity index (χ2n) is 3.92. The fourth-order valence-electron chi connectivity index (χ4n) is 1.40. The molecule has 13 heteroatoms. The molecular formula is C8H16INNa2O7P2. The van der Waals surface area contributed by atoms with Crippen molar-refractivity contribution in [3.8, 4) is 0 Å². The van der Waals surface area contributed by atoms with E-state index in [4.69, 9.17) is 19.6 Å². The first-order valence-corrected chi connectivity index (χ1v) is 7.98. The number of aromatic nitrogens is 1. The zero-order valence-electron chi connectivity index (χ0n) is 13.8. The Kier molecular flexibility index (Phi) is 13.6. The molecule has 0 fully saturated rings. The van der Waals surface area contributed by atoms with E-state index in [1.54, 1.807) is 13.2 Å². The van der Waals surface area contributed by atoms with Crippen LogP contribution in [0.4, 0.5) is 0 Å². The second-order valence-corrected chi connectivity index (χ2v) is 7.93. The molecule has 5 N–H and O–H groups in total. The Morgan fingerprint density at radius 3 is 1.95 bits per heavy atom. The zero-order chi connectivity index (χ0) is 14.2. The number of hydrogen-bond donors (Lipinski definition) is 5. The Hall–Kier alpha value is 2.14. The van der Waals surface area contributed by atoms with Crippen molar-refractivity contribution >= 4 is 15.2 Å². The molecule has 1 heterocycles. The number of nitrogens with zero attached hydrogens (tertiary/aromatic N) is 1. The Bertz CT molecular complexity index is 537. The molecule has 1 aromatic rings. The van der Waals surface area contributed by atoms with Gasteiger partial charge in [0.25, 0.3) is 5.08 Å². The van der Waals surface area contributed by atoms with E-state index in [0.717, 1.165) is 0 Å². The molecule has 1 rings (SSSR count). The van der Waals surface area contributed by atoms with Crippen LogP contribution in [0.2, 0.25) is 0 Å². The monoisotopic (exact) mass is 473 g/mol. The van der Waals surface area contributed by atoms with E-state index in [1.807, 2.05) is 0 Å². The van der Waals surface area contributed by atoms with Crippen molar-refractivity contribution in [1.29, 1.82) is 0 Å². The van der Waals surface area contributed by atoms with E-state index in [1.165, 1.54) is 22.9 Å². The van der Waals surface area contributed by atoms with Crippen molar-refractivity contribution in [2.45, 2.75) is 11.5 Å². The molecule has 0 bridgehead atoms. The molecule has 0 aliphatic carbocycles. The van der Waals surface area contributed by atoms with Crippen LogP contribution < -0.4 is 87.7 Å². The molecule has 0 aliphatic heterocycles. The molecular weight excluding hydrogens is 457 g/mol. The molecule has 0 aromatic carbocycles. The van der Waals surface area contributed by atoms with Gasteiger partial charge >= 0.3 is 74.3 Å². The smallest absolute Gasteiger partial charge is 1.00 e. The molecule has 0 saturated heterocycles. The molecule has 0 atom stereocenters. The number of aliphatic hydroxyl groups is 1. The fraction of sp³-hybridized carbons (Fsp3) is 0.375. The van der Waals surface area contributed by atoms with Crippen molar-refractivity contribution in [1.82, 2.24) is 0 Å². The van der Waals surface area contributed by atoms with Gasteiger partial charge in [0.1, 0.15) is 7.05 Å². The minimum absolute atomic E-state index is 0. The van der Waals surface area contributed by atoms with Gasteiger partial charge < -0.3 is 51.5 Å². The third-order valence-electron chi connectivity index (χ3n) is 2.38. The van der Waals surface area contributed by atoms with Crippen molar-refractivity contribution in [3.05, 3.63) is 30.1 Å². The number of halogens is 1. The van der Waals surface area contributed by atoms with Gasteiger partial charge in [-0.3, -0.25) is 9.13 Å². The topological polar surface area (TPSA) is 139 Å². The van der Waals surface area contributed by atoms with Crippen LogP contribution in [-0.2, 0) is 22.6 Å². The van der Waals surface area contributed by atoms with Crippen LogP contribution in [0.3, 0.4) is 0 Å². The van der Waals surface area contributed by atoms with Crippen molar-refractivity contribution in [2.24, 2.45) is 7.05 Å². The van der Waals surface area contributed by atoms with Crippen LogP contribution in [0.1, 0.15) is 8.42 Å². The summed E-state index contributed by atoms with van der Waals surface area (Å²) in [5.41, 5.74) is 0.189. The first kappa shape index (κ1) is 28.0. The van der Waals surface area contributed by atoms with Crippen LogP contribution in [0.15, 0.2) is 24.5 Å².